The number of nitrogen functional groups attached to an aromatic ring is 1. The van der Waals surface area contributed by atoms with Gasteiger partial charge in [-0.05, 0) is 43.7 Å². The lowest BCUT2D eigenvalue weighted by Crippen LogP contribution is -2.59. The molecule has 0 saturated heterocycles. The van der Waals surface area contributed by atoms with Crippen molar-refractivity contribution in [2.24, 2.45) is 0 Å². The van der Waals surface area contributed by atoms with E-state index in [9.17, 15) is 15.0 Å². The van der Waals surface area contributed by atoms with Gasteiger partial charge in [0, 0.05) is 30.1 Å². The summed E-state index contributed by atoms with van der Waals surface area (Å²) >= 11 is 7.86. The molecule has 1 fully saturated rings. The first-order valence-corrected chi connectivity index (χ1v) is 11.7. The normalized spacial score (nSPS) is 22.6. The predicted molar refractivity (Wildman–Crippen MR) is 140 cm³/mol. The van der Waals surface area contributed by atoms with E-state index in [0.29, 0.717) is 24.3 Å². The highest BCUT2D eigenvalue weighted by Gasteiger charge is 2.53. The van der Waals surface area contributed by atoms with E-state index in [0.717, 1.165) is 22.7 Å². The molecule has 2 aromatic rings. The van der Waals surface area contributed by atoms with Gasteiger partial charge >= 0.3 is 0 Å². The van der Waals surface area contributed by atoms with Crippen LogP contribution in [0.1, 0.15) is 38.0 Å². The number of carbonyl (C=O) groups excluding carboxylic acids is 1. The van der Waals surface area contributed by atoms with Gasteiger partial charge < -0.3 is 31.9 Å². The number of aliphatic hydroxyl groups excluding tert-OH is 2. The van der Waals surface area contributed by atoms with E-state index in [2.05, 4.69) is 27.9 Å². The number of thiophene rings is 1. The highest BCUT2D eigenvalue weighted by atomic mass is 35.5. The molecule has 1 saturated carbocycles. The lowest BCUT2D eigenvalue weighted by atomic mass is 9.93. The molecule has 4 unspecified atom stereocenters. The zero-order valence-corrected chi connectivity index (χ0v) is 21.7. The van der Waals surface area contributed by atoms with Gasteiger partial charge in [0.05, 0.1) is 22.5 Å². The van der Waals surface area contributed by atoms with Crippen LogP contribution in [0, 0.1) is 0 Å². The Morgan fingerprint density at radius 2 is 2.09 bits per heavy atom. The molecule has 7 N–H and O–H groups in total. The van der Waals surface area contributed by atoms with E-state index in [-0.39, 0.29) is 43.1 Å². The number of carbonyl (C=O) groups is 1. The number of nitrogens with two attached hydrogens (primary N) is 1. The van der Waals surface area contributed by atoms with E-state index >= 15 is 0 Å². The van der Waals surface area contributed by atoms with E-state index in [1.807, 2.05) is 11.4 Å². The molecule has 0 aromatic carbocycles. The molecule has 2 heterocycles. The molecule has 1 amide bonds. The van der Waals surface area contributed by atoms with Crippen LogP contribution in [0.5, 0.6) is 0 Å². The number of anilines is 3. The third-order valence-corrected chi connectivity index (χ3v) is 7.16. The number of aromatic nitrogens is 1. The average Bonchev–Trinajstić information content (AvgIpc) is 3.28. The third kappa shape index (κ3) is 6.35. The lowest BCUT2D eigenvalue weighted by molar-refractivity contribution is -0.129. The summed E-state index contributed by atoms with van der Waals surface area (Å²) in [5, 5.41) is 32.7. The van der Waals surface area contributed by atoms with Gasteiger partial charge in [0.15, 0.2) is 5.82 Å². The predicted octanol–water partition coefficient (Wildman–Crippen LogP) is 3.46. The van der Waals surface area contributed by atoms with Crippen LogP contribution in [-0.4, -0.2) is 51.4 Å². The first-order valence-electron chi connectivity index (χ1n) is 10.5. The van der Waals surface area contributed by atoms with Crippen molar-refractivity contribution in [1.82, 2.24) is 10.3 Å². The summed E-state index contributed by atoms with van der Waals surface area (Å²) in [4.78, 5) is 18.2. The number of halogens is 3. The summed E-state index contributed by atoms with van der Waals surface area (Å²) in [5.41, 5.74) is 6.02. The van der Waals surface area contributed by atoms with Crippen molar-refractivity contribution in [2.75, 3.05) is 22.9 Å². The highest BCUT2D eigenvalue weighted by molar-refractivity contribution is 7.10. The second kappa shape index (κ2) is 12.8. The molecule has 2 aromatic heterocycles. The summed E-state index contributed by atoms with van der Waals surface area (Å²) in [6.45, 7) is 4.28. The number of rotatable bonds is 9. The number of hydrogen-bond donors (Lipinski definition) is 6. The highest BCUT2D eigenvalue weighted by Crippen LogP contribution is 2.37. The Labute approximate surface area is 215 Å². The lowest BCUT2D eigenvalue weighted by Gasteiger charge is -2.34. The third-order valence-electron chi connectivity index (χ3n) is 5.75. The summed E-state index contributed by atoms with van der Waals surface area (Å²) in [7, 11) is 0. The van der Waals surface area contributed by atoms with Gasteiger partial charge in [0.2, 0.25) is 5.91 Å². The first-order chi connectivity index (χ1) is 14.8. The zero-order chi connectivity index (χ0) is 22.6. The second-order valence-electron chi connectivity index (χ2n) is 7.77. The summed E-state index contributed by atoms with van der Waals surface area (Å²) in [6.07, 6.45) is 1.48. The molecule has 12 heteroatoms. The Hall–Kier alpha value is -1.49. The molecule has 0 bridgehead atoms. The van der Waals surface area contributed by atoms with Crippen molar-refractivity contribution in [3.05, 3.63) is 33.6 Å². The smallest absolute Gasteiger partial charge is 0.248 e. The van der Waals surface area contributed by atoms with Crippen molar-refractivity contribution >= 4 is 70.9 Å². The molecular weight excluding hydrogens is 509 g/mol. The fourth-order valence-corrected chi connectivity index (χ4v) is 5.09. The number of hydrogen-bond acceptors (Lipinski definition) is 8. The molecule has 1 aliphatic carbocycles. The topological polar surface area (TPSA) is 133 Å². The minimum absolute atomic E-state index is 0. The number of likely N-dealkylation sites (N-methyl/N-ethyl adjacent to an activating group) is 1. The van der Waals surface area contributed by atoms with Crippen molar-refractivity contribution < 1.29 is 15.0 Å². The van der Waals surface area contributed by atoms with E-state index in [1.54, 1.807) is 30.5 Å². The van der Waals surface area contributed by atoms with Gasteiger partial charge in [-0.2, -0.15) is 0 Å². The second-order valence-corrected chi connectivity index (χ2v) is 9.18. The maximum Gasteiger partial charge on any atom is 0.248 e. The maximum absolute atomic E-state index is 12.8. The molecule has 8 nitrogen and oxygen atoms in total. The number of nitrogens with zero attached hydrogens (tertiary/aromatic N) is 1. The fourth-order valence-electron chi connectivity index (χ4n) is 3.89. The Balaban J connectivity index is 0.00000272. The molecule has 4 atom stereocenters. The van der Waals surface area contributed by atoms with Crippen molar-refractivity contribution in [3.63, 3.8) is 0 Å². The van der Waals surface area contributed by atoms with Crippen LogP contribution in [-0.2, 0) is 11.2 Å². The van der Waals surface area contributed by atoms with E-state index in [1.165, 1.54) is 0 Å². The molecule has 186 valence electrons. The Morgan fingerprint density at radius 3 is 2.64 bits per heavy atom. The van der Waals surface area contributed by atoms with E-state index < -0.39 is 23.7 Å². The monoisotopic (exact) mass is 539 g/mol. The minimum atomic E-state index is -1.40. The zero-order valence-electron chi connectivity index (χ0n) is 18.5. The maximum atomic E-state index is 12.8. The molecule has 0 aliphatic heterocycles. The summed E-state index contributed by atoms with van der Waals surface area (Å²) < 4.78 is 0. The van der Waals surface area contributed by atoms with Crippen molar-refractivity contribution in [2.45, 2.75) is 63.3 Å². The summed E-state index contributed by atoms with van der Waals surface area (Å²) in [6, 6.07) is 3.77. The van der Waals surface area contributed by atoms with Gasteiger partial charge in [-0.3, -0.25) is 4.79 Å². The Morgan fingerprint density at radius 1 is 1.36 bits per heavy atom. The summed E-state index contributed by atoms with van der Waals surface area (Å²) in [5.74, 6) is -0.106. The van der Waals surface area contributed by atoms with Gasteiger partial charge in [-0.25, -0.2) is 4.98 Å². The quantitative estimate of drug-likeness (QED) is 0.287. The minimum Gasteiger partial charge on any atom is -0.394 e. The molecule has 33 heavy (non-hydrogen) atoms. The molecule has 0 spiro atoms. The van der Waals surface area contributed by atoms with Crippen LogP contribution in [0.15, 0.2) is 23.7 Å². The van der Waals surface area contributed by atoms with Crippen LogP contribution in [0.25, 0.3) is 0 Å². The number of nitrogens with one attached hydrogen (secondary N) is 3. The van der Waals surface area contributed by atoms with Gasteiger partial charge in [0.25, 0.3) is 0 Å². The SMILES string of the molecule is CCNC(=O)C1(Nc2nccc(NC(CC)Cc3sccc3Cl)c2N)CCC(O)C1O.Cl.Cl. The molecular formula is C21H32Cl3N5O3S. The van der Waals surface area contributed by atoms with Crippen LogP contribution >= 0.6 is 47.8 Å². The average molecular weight is 541 g/mol. The van der Waals surface area contributed by atoms with Crippen molar-refractivity contribution in [1.29, 1.82) is 0 Å². The molecule has 1 aliphatic rings. The van der Waals surface area contributed by atoms with Crippen LogP contribution < -0.4 is 21.7 Å². The van der Waals surface area contributed by atoms with Gasteiger partial charge in [0.1, 0.15) is 11.6 Å². The Kier molecular flexibility index (Phi) is 11.5. The first kappa shape index (κ1) is 29.5. The molecule has 0 radical (unpaired) electrons. The Bertz CT molecular complexity index is 919. The largest absolute Gasteiger partial charge is 0.394 e. The molecule has 3 rings (SSSR count). The van der Waals surface area contributed by atoms with Gasteiger partial charge in [-0.15, -0.1) is 36.2 Å². The van der Waals surface area contributed by atoms with Crippen LogP contribution in [0.2, 0.25) is 5.02 Å². The van der Waals surface area contributed by atoms with E-state index in [4.69, 9.17) is 17.3 Å². The number of pyridine rings is 1. The standard InChI is InChI=1S/C21H30ClN5O3S.2ClH/c1-3-12(11-16-13(22)7-10-31-16)26-14-6-9-25-19(17(14)23)27-21(20(30)24-4-2)8-5-15(28)18(21)29;;/h6-7,9-10,12,15,18,28-29H,3-5,8,11,23H2,1-2H3,(H,24,30)(H2,25,26,27);2*1H. The number of amides is 1. The number of aliphatic hydroxyl groups is 2. The van der Waals surface area contributed by atoms with Crippen LogP contribution in [0.4, 0.5) is 17.2 Å². The van der Waals surface area contributed by atoms with Crippen molar-refractivity contribution in [3.8, 4) is 0 Å². The van der Waals surface area contributed by atoms with Crippen LogP contribution in [0.3, 0.4) is 0 Å². The fraction of sp³-hybridized carbons (Fsp3) is 0.524. The van der Waals surface area contributed by atoms with Gasteiger partial charge in [-0.1, -0.05) is 18.5 Å².